The summed E-state index contributed by atoms with van der Waals surface area (Å²) in [5.74, 6) is 1.90. The SMILES string of the molecule is CC(C)c1nc(CCN2CCNCC2)no1. The Hall–Kier alpha value is -0.940. The van der Waals surface area contributed by atoms with Crippen LogP contribution < -0.4 is 5.32 Å². The van der Waals surface area contributed by atoms with Crippen molar-refractivity contribution in [3.05, 3.63) is 11.7 Å². The zero-order chi connectivity index (χ0) is 11.4. The molecule has 0 atom stereocenters. The lowest BCUT2D eigenvalue weighted by molar-refractivity contribution is 0.241. The first-order valence-corrected chi connectivity index (χ1v) is 6.01. The van der Waals surface area contributed by atoms with E-state index in [1.807, 2.05) is 0 Å². The van der Waals surface area contributed by atoms with Gasteiger partial charge in [-0.3, -0.25) is 0 Å². The summed E-state index contributed by atoms with van der Waals surface area (Å²) in [5, 5.41) is 7.33. The molecule has 1 aliphatic rings. The van der Waals surface area contributed by atoms with Gasteiger partial charge in [-0.25, -0.2) is 0 Å². The molecule has 1 fully saturated rings. The Kier molecular flexibility index (Phi) is 3.90. The average Bonchev–Trinajstić information content (AvgIpc) is 2.76. The van der Waals surface area contributed by atoms with E-state index in [-0.39, 0.29) is 0 Å². The highest BCUT2D eigenvalue weighted by Gasteiger charge is 2.13. The third kappa shape index (κ3) is 3.02. The van der Waals surface area contributed by atoms with Gasteiger partial charge in [0.15, 0.2) is 5.82 Å². The zero-order valence-electron chi connectivity index (χ0n) is 10.1. The Bertz CT molecular complexity index is 318. The van der Waals surface area contributed by atoms with Crippen LogP contribution in [0.25, 0.3) is 0 Å². The van der Waals surface area contributed by atoms with Crippen LogP contribution in [0.5, 0.6) is 0 Å². The summed E-state index contributed by atoms with van der Waals surface area (Å²) in [7, 11) is 0. The molecular weight excluding hydrogens is 204 g/mol. The van der Waals surface area contributed by atoms with Crippen molar-refractivity contribution in [2.75, 3.05) is 32.7 Å². The highest BCUT2D eigenvalue weighted by atomic mass is 16.5. The van der Waals surface area contributed by atoms with Crippen LogP contribution in [-0.4, -0.2) is 47.8 Å². The molecule has 2 heterocycles. The first-order chi connectivity index (χ1) is 7.75. The molecule has 0 saturated carbocycles. The van der Waals surface area contributed by atoms with Crippen molar-refractivity contribution in [1.82, 2.24) is 20.4 Å². The quantitative estimate of drug-likeness (QED) is 0.813. The molecule has 1 aliphatic heterocycles. The van der Waals surface area contributed by atoms with Gasteiger partial charge in [0, 0.05) is 45.1 Å². The molecule has 1 saturated heterocycles. The number of hydrogen-bond donors (Lipinski definition) is 1. The van der Waals surface area contributed by atoms with Crippen molar-refractivity contribution in [1.29, 1.82) is 0 Å². The number of nitrogens with zero attached hydrogens (tertiary/aromatic N) is 3. The van der Waals surface area contributed by atoms with Crippen LogP contribution in [-0.2, 0) is 6.42 Å². The first-order valence-electron chi connectivity index (χ1n) is 6.01. The van der Waals surface area contributed by atoms with Gasteiger partial charge >= 0.3 is 0 Å². The molecule has 0 aliphatic carbocycles. The largest absolute Gasteiger partial charge is 0.339 e. The Morgan fingerprint density at radius 3 is 2.75 bits per heavy atom. The highest BCUT2D eigenvalue weighted by Crippen LogP contribution is 2.11. The third-order valence-corrected chi connectivity index (χ3v) is 2.84. The number of rotatable bonds is 4. The van der Waals surface area contributed by atoms with Crippen LogP contribution >= 0.6 is 0 Å². The molecule has 0 spiro atoms. The summed E-state index contributed by atoms with van der Waals surface area (Å²) in [6, 6.07) is 0. The number of aromatic nitrogens is 2. The van der Waals surface area contributed by atoms with Crippen molar-refractivity contribution in [2.24, 2.45) is 0 Å². The molecule has 2 rings (SSSR count). The zero-order valence-corrected chi connectivity index (χ0v) is 10.1. The van der Waals surface area contributed by atoms with Crippen LogP contribution in [0.2, 0.25) is 0 Å². The van der Waals surface area contributed by atoms with E-state index in [1.54, 1.807) is 0 Å². The minimum Gasteiger partial charge on any atom is -0.339 e. The van der Waals surface area contributed by atoms with Gasteiger partial charge in [-0.2, -0.15) is 4.98 Å². The fourth-order valence-corrected chi connectivity index (χ4v) is 1.80. The predicted molar refractivity (Wildman–Crippen MR) is 61.4 cm³/mol. The summed E-state index contributed by atoms with van der Waals surface area (Å²) in [4.78, 5) is 6.81. The lowest BCUT2D eigenvalue weighted by Gasteiger charge is -2.26. The Balaban J connectivity index is 1.79. The van der Waals surface area contributed by atoms with Gasteiger partial charge in [0.2, 0.25) is 5.89 Å². The second kappa shape index (κ2) is 5.41. The van der Waals surface area contributed by atoms with Crippen molar-refractivity contribution >= 4 is 0 Å². The van der Waals surface area contributed by atoms with E-state index < -0.39 is 0 Å². The molecule has 1 N–H and O–H groups in total. The van der Waals surface area contributed by atoms with Crippen LogP contribution in [0.1, 0.15) is 31.5 Å². The topological polar surface area (TPSA) is 54.2 Å². The number of nitrogens with one attached hydrogen (secondary N) is 1. The molecule has 0 amide bonds. The summed E-state index contributed by atoms with van der Waals surface area (Å²) >= 11 is 0. The highest BCUT2D eigenvalue weighted by molar-refractivity contribution is 4.91. The monoisotopic (exact) mass is 224 g/mol. The van der Waals surface area contributed by atoms with Crippen molar-refractivity contribution in [2.45, 2.75) is 26.2 Å². The summed E-state index contributed by atoms with van der Waals surface area (Å²) in [6.45, 7) is 9.57. The average molecular weight is 224 g/mol. The van der Waals surface area contributed by atoms with E-state index in [1.165, 1.54) is 0 Å². The third-order valence-electron chi connectivity index (χ3n) is 2.84. The molecule has 0 bridgehead atoms. The molecule has 5 heteroatoms. The van der Waals surface area contributed by atoms with Crippen LogP contribution in [0, 0.1) is 0 Å². The van der Waals surface area contributed by atoms with E-state index in [2.05, 4.69) is 34.2 Å². The van der Waals surface area contributed by atoms with Crippen LogP contribution in [0.4, 0.5) is 0 Å². The van der Waals surface area contributed by atoms with Gasteiger partial charge in [-0.15, -0.1) is 0 Å². The Labute approximate surface area is 96.2 Å². The van der Waals surface area contributed by atoms with Gasteiger partial charge in [0.25, 0.3) is 0 Å². The smallest absolute Gasteiger partial charge is 0.229 e. The van der Waals surface area contributed by atoms with E-state index >= 15 is 0 Å². The molecule has 1 aromatic rings. The van der Waals surface area contributed by atoms with E-state index in [4.69, 9.17) is 4.52 Å². The van der Waals surface area contributed by atoms with Crippen molar-refractivity contribution in [3.63, 3.8) is 0 Å². The lowest BCUT2D eigenvalue weighted by Crippen LogP contribution is -2.44. The molecule has 90 valence electrons. The van der Waals surface area contributed by atoms with Gasteiger partial charge in [0.05, 0.1) is 0 Å². The summed E-state index contributed by atoms with van der Waals surface area (Å²) in [6.07, 6.45) is 0.885. The normalized spacial score (nSPS) is 18.2. The fourth-order valence-electron chi connectivity index (χ4n) is 1.80. The minimum absolute atomic E-state index is 0.320. The maximum atomic E-state index is 5.17. The van der Waals surface area contributed by atoms with Crippen LogP contribution in [0.15, 0.2) is 4.52 Å². The van der Waals surface area contributed by atoms with Gasteiger partial charge < -0.3 is 14.7 Å². The van der Waals surface area contributed by atoms with Crippen molar-refractivity contribution in [3.8, 4) is 0 Å². The minimum atomic E-state index is 0.320. The fraction of sp³-hybridized carbons (Fsp3) is 0.818. The molecular formula is C11H20N4O. The Morgan fingerprint density at radius 1 is 1.38 bits per heavy atom. The molecule has 1 aromatic heterocycles. The second-order valence-electron chi connectivity index (χ2n) is 4.55. The predicted octanol–water partition coefficient (Wildman–Crippen LogP) is 0.641. The maximum absolute atomic E-state index is 5.17. The van der Waals surface area contributed by atoms with Gasteiger partial charge in [-0.05, 0) is 0 Å². The molecule has 0 radical (unpaired) electrons. The molecule has 5 nitrogen and oxygen atoms in total. The van der Waals surface area contributed by atoms with Gasteiger partial charge in [-0.1, -0.05) is 19.0 Å². The molecule has 16 heavy (non-hydrogen) atoms. The standard InChI is InChI=1S/C11H20N4O/c1-9(2)11-13-10(14-16-11)3-6-15-7-4-12-5-8-15/h9,12H,3-8H2,1-2H3. The second-order valence-corrected chi connectivity index (χ2v) is 4.55. The lowest BCUT2D eigenvalue weighted by atomic mass is 10.2. The van der Waals surface area contributed by atoms with E-state index in [9.17, 15) is 0 Å². The maximum Gasteiger partial charge on any atom is 0.229 e. The Morgan fingerprint density at radius 2 is 2.12 bits per heavy atom. The molecule has 0 aromatic carbocycles. The summed E-state index contributed by atoms with van der Waals surface area (Å²) in [5.41, 5.74) is 0. The number of piperazine rings is 1. The first kappa shape index (κ1) is 11.5. The van der Waals surface area contributed by atoms with Crippen LogP contribution in [0.3, 0.4) is 0 Å². The van der Waals surface area contributed by atoms with E-state index in [0.29, 0.717) is 5.92 Å². The summed E-state index contributed by atoms with van der Waals surface area (Å²) < 4.78 is 5.17. The van der Waals surface area contributed by atoms with Gasteiger partial charge in [0.1, 0.15) is 0 Å². The molecule has 0 unspecified atom stereocenters. The van der Waals surface area contributed by atoms with E-state index in [0.717, 1.165) is 50.9 Å². The van der Waals surface area contributed by atoms with Crippen molar-refractivity contribution < 1.29 is 4.52 Å². The number of hydrogen-bond acceptors (Lipinski definition) is 5.